The van der Waals surface area contributed by atoms with Crippen LogP contribution in [0.3, 0.4) is 0 Å². The highest BCUT2D eigenvalue weighted by atomic mass is 32.2. The van der Waals surface area contributed by atoms with Crippen LogP contribution in [0.1, 0.15) is 0 Å². The van der Waals surface area contributed by atoms with Gasteiger partial charge >= 0.3 is 0 Å². The van der Waals surface area contributed by atoms with E-state index in [1.54, 1.807) is 24.9 Å². The maximum absolute atomic E-state index is 5.44. The van der Waals surface area contributed by atoms with Crippen molar-refractivity contribution in [1.29, 1.82) is 0 Å². The Morgan fingerprint density at radius 3 is 2.74 bits per heavy atom. The summed E-state index contributed by atoms with van der Waals surface area (Å²) in [5.41, 5.74) is 1.63. The summed E-state index contributed by atoms with van der Waals surface area (Å²) >= 11 is 1.95. The van der Waals surface area contributed by atoms with Gasteiger partial charge in [0, 0.05) is 48.7 Å². The van der Waals surface area contributed by atoms with E-state index in [2.05, 4.69) is 30.0 Å². The molecule has 1 aliphatic rings. The number of aromatic nitrogens is 5. The molecule has 0 spiro atoms. The number of thioether (sulfide) groups is 1. The fraction of sp³-hybridized carbons (Fsp3) is 0.267. The van der Waals surface area contributed by atoms with Gasteiger partial charge in [-0.1, -0.05) is 5.16 Å². The van der Waals surface area contributed by atoms with E-state index in [-0.39, 0.29) is 0 Å². The van der Waals surface area contributed by atoms with Crippen molar-refractivity contribution in [2.75, 3.05) is 29.5 Å². The molecule has 1 fully saturated rings. The average Bonchev–Trinajstić information content (AvgIpc) is 3.13. The zero-order valence-corrected chi connectivity index (χ0v) is 13.1. The molecule has 3 aromatic heterocycles. The Hall–Kier alpha value is -2.48. The summed E-state index contributed by atoms with van der Waals surface area (Å²) in [6.07, 6.45) is 6.69. The molecule has 0 unspecified atom stereocenters. The lowest BCUT2D eigenvalue weighted by molar-refractivity contribution is 0.432. The predicted molar refractivity (Wildman–Crippen MR) is 88.1 cm³/mol. The number of rotatable bonds is 3. The third-order valence-electron chi connectivity index (χ3n) is 3.60. The number of hydrogen-bond acceptors (Lipinski definition) is 8. The Labute approximate surface area is 137 Å². The summed E-state index contributed by atoms with van der Waals surface area (Å²) < 4.78 is 5.44. The van der Waals surface area contributed by atoms with Crippen LogP contribution in [0.5, 0.6) is 0 Å². The number of anilines is 1. The topological polar surface area (TPSA) is 80.8 Å². The molecule has 7 nitrogen and oxygen atoms in total. The highest BCUT2D eigenvalue weighted by Crippen LogP contribution is 2.29. The van der Waals surface area contributed by atoms with Crippen LogP contribution in [0, 0.1) is 0 Å². The van der Waals surface area contributed by atoms with Gasteiger partial charge in [-0.3, -0.25) is 4.98 Å². The first-order valence-corrected chi connectivity index (χ1v) is 8.44. The predicted octanol–water partition coefficient (Wildman–Crippen LogP) is 2.14. The van der Waals surface area contributed by atoms with Crippen LogP contribution in [-0.2, 0) is 0 Å². The second-order valence-electron chi connectivity index (χ2n) is 5.02. The molecule has 1 aliphatic heterocycles. The maximum atomic E-state index is 5.44. The number of nitrogens with zero attached hydrogens (tertiary/aromatic N) is 6. The minimum atomic E-state index is 0.436. The van der Waals surface area contributed by atoms with Crippen molar-refractivity contribution in [2.24, 2.45) is 0 Å². The zero-order chi connectivity index (χ0) is 15.5. The zero-order valence-electron chi connectivity index (χ0n) is 12.3. The van der Waals surface area contributed by atoms with Gasteiger partial charge in [0.15, 0.2) is 0 Å². The lowest BCUT2D eigenvalue weighted by Gasteiger charge is -2.28. The van der Waals surface area contributed by atoms with Gasteiger partial charge in [0.25, 0.3) is 5.89 Å². The average molecular weight is 326 g/mol. The van der Waals surface area contributed by atoms with E-state index in [1.165, 1.54) is 0 Å². The van der Waals surface area contributed by atoms with E-state index in [0.717, 1.165) is 41.5 Å². The number of hydrogen-bond donors (Lipinski definition) is 0. The van der Waals surface area contributed by atoms with Gasteiger partial charge in [0.2, 0.25) is 5.82 Å². The maximum Gasteiger partial charge on any atom is 0.263 e. The van der Waals surface area contributed by atoms with Crippen LogP contribution in [0.4, 0.5) is 5.82 Å². The molecule has 4 rings (SSSR count). The van der Waals surface area contributed by atoms with Crippen molar-refractivity contribution in [2.45, 2.75) is 0 Å². The first-order chi connectivity index (χ1) is 11.4. The molecule has 4 heterocycles. The molecular weight excluding hydrogens is 312 g/mol. The third kappa shape index (κ3) is 2.89. The summed E-state index contributed by atoms with van der Waals surface area (Å²) in [6.45, 7) is 1.92. The normalized spacial score (nSPS) is 14.9. The monoisotopic (exact) mass is 326 g/mol. The van der Waals surface area contributed by atoms with E-state index >= 15 is 0 Å². The highest BCUT2D eigenvalue weighted by molar-refractivity contribution is 7.99. The van der Waals surface area contributed by atoms with E-state index in [1.807, 2.05) is 23.9 Å². The molecular formula is C15H14N6OS. The Bertz CT molecular complexity index is 787. The second-order valence-corrected chi connectivity index (χ2v) is 6.24. The van der Waals surface area contributed by atoms with Gasteiger partial charge in [-0.05, 0) is 12.1 Å². The van der Waals surface area contributed by atoms with E-state index < -0.39 is 0 Å². The molecule has 23 heavy (non-hydrogen) atoms. The van der Waals surface area contributed by atoms with Crippen molar-refractivity contribution in [1.82, 2.24) is 25.1 Å². The summed E-state index contributed by atoms with van der Waals surface area (Å²) in [6, 6.07) is 3.69. The quantitative estimate of drug-likeness (QED) is 0.724. The molecule has 3 aromatic rings. The lowest BCUT2D eigenvalue weighted by Crippen LogP contribution is -2.33. The van der Waals surface area contributed by atoms with Gasteiger partial charge in [0.05, 0.1) is 0 Å². The minimum Gasteiger partial charge on any atom is -0.354 e. The fourth-order valence-electron chi connectivity index (χ4n) is 2.45. The number of pyridine rings is 1. The molecule has 0 bridgehead atoms. The molecule has 0 radical (unpaired) electrons. The van der Waals surface area contributed by atoms with Crippen LogP contribution in [-0.4, -0.2) is 49.7 Å². The fourth-order valence-corrected chi connectivity index (χ4v) is 3.36. The summed E-state index contributed by atoms with van der Waals surface area (Å²) in [5.74, 6) is 4.01. The molecule has 116 valence electrons. The van der Waals surface area contributed by atoms with Crippen LogP contribution in [0.25, 0.3) is 22.8 Å². The first-order valence-electron chi connectivity index (χ1n) is 7.29. The van der Waals surface area contributed by atoms with Gasteiger partial charge in [-0.25, -0.2) is 9.97 Å². The largest absolute Gasteiger partial charge is 0.354 e. The summed E-state index contributed by atoms with van der Waals surface area (Å²) in [5, 5.41) is 4.06. The first kappa shape index (κ1) is 14.1. The molecule has 1 saturated heterocycles. The standard InChI is InChI=1S/C15H14N6OS/c1-3-16-4-2-11(1)13-19-15(22-20-13)12-9-17-10-18-14(12)21-5-7-23-8-6-21/h1-4,9-10H,5-8H2. The van der Waals surface area contributed by atoms with Crippen LogP contribution >= 0.6 is 11.8 Å². The minimum absolute atomic E-state index is 0.436. The Kier molecular flexibility index (Phi) is 3.89. The summed E-state index contributed by atoms with van der Waals surface area (Å²) in [7, 11) is 0. The van der Waals surface area contributed by atoms with Crippen molar-refractivity contribution < 1.29 is 4.52 Å². The second kappa shape index (κ2) is 6.33. The van der Waals surface area contributed by atoms with Crippen molar-refractivity contribution in [3.05, 3.63) is 37.1 Å². The molecule has 0 aromatic carbocycles. The Morgan fingerprint density at radius 2 is 1.91 bits per heavy atom. The molecule has 0 amide bonds. The van der Waals surface area contributed by atoms with Crippen LogP contribution in [0.2, 0.25) is 0 Å². The van der Waals surface area contributed by atoms with Crippen molar-refractivity contribution in [3.8, 4) is 22.8 Å². The highest BCUT2D eigenvalue weighted by Gasteiger charge is 2.21. The van der Waals surface area contributed by atoms with Crippen LogP contribution < -0.4 is 4.90 Å². The third-order valence-corrected chi connectivity index (χ3v) is 4.54. The lowest BCUT2D eigenvalue weighted by atomic mass is 10.2. The van der Waals surface area contributed by atoms with Gasteiger partial charge in [0.1, 0.15) is 17.7 Å². The van der Waals surface area contributed by atoms with E-state index in [9.17, 15) is 0 Å². The van der Waals surface area contributed by atoms with Crippen LogP contribution in [0.15, 0.2) is 41.6 Å². The molecule has 8 heteroatoms. The van der Waals surface area contributed by atoms with Gasteiger partial charge < -0.3 is 9.42 Å². The van der Waals surface area contributed by atoms with E-state index in [4.69, 9.17) is 4.52 Å². The summed E-state index contributed by atoms with van der Waals surface area (Å²) in [4.78, 5) is 19.3. The molecule has 0 atom stereocenters. The Morgan fingerprint density at radius 1 is 1.09 bits per heavy atom. The molecule has 0 saturated carbocycles. The molecule has 0 aliphatic carbocycles. The Balaban J connectivity index is 1.70. The smallest absolute Gasteiger partial charge is 0.263 e. The van der Waals surface area contributed by atoms with E-state index in [0.29, 0.717) is 11.7 Å². The van der Waals surface area contributed by atoms with Crippen molar-refractivity contribution in [3.63, 3.8) is 0 Å². The van der Waals surface area contributed by atoms with Crippen molar-refractivity contribution >= 4 is 17.6 Å². The van der Waals surface area contributed by atoms with Gasteiger partial charge in [-0.2, -0.15) is 16.7 Å². The SMILES string of the molecule is c1cc(-c2noc(-c3cncnc3N3CCSCC3)n2)ccn1. The molecule has 0 N–H and O–H groups in total. The van der Waals surface area contributed by atoms with Gasteiger partial charge in [-0.15, -0.1) is 0 Å².